The maximum atomic E-state index is 5.75. The first-order chi connectivity index (χ1) is 8.63. The summed E-state index contributed by atoms with van der Waals surface area (Å²) in [6.07, 6.45) is 0. The van der Waals surface area contributed by atoms with E-state index in [-0.39, 0.29) is 0 Å². The molecule has 0 aliphatic carbocycles. The van der Waals surface area contributed by atoms with Crippen molar-refractivity contribution < 1.29 is 13.9 Å². The van der Waals surface area contributed by atoms with Crippen LogP contribution < -0.4 is 5.32 Å². The summed E-state index contributed by atoms with van der Waals surface area (Å²) >= 11 is 0. The number of furan rings is 1. The topological polar surface area (TPSA) is 43.6 Å². The van der Waals surface area contributed by atoms with Crippen molar-refractivity contribution in [2.24, 2.45) is 5.92 Å². The fraction of sp³-hybridized carbons (Fsp3) is 0.714. The third-order valence-corrected chi connectivity index (χ3v) is 2.59. The van der Waals surface area contributed by atoms with Crippen molar-refractivity contribution in [3.05, 3.63) is 23.2 Å². The average molecular weight is 255 g/mol. The second kappa shape index (κ2) is 8.29. The summed E-state index contributed by atoms with van der Waals surface area (Å²) in [5, 5.41) is 3.38. The van der Waals surface area contributed by atoms with E-state index in [0.717, 1.165) is 24.6 Å². The molecule has 0 radical (unpaired) electrons. The minimum atomic E-state index is 0.508. The predicted molar refractivity (Wildman–Crippen MR) is 71.5 cm³/mol. The number of methoxy groups -OCH3 is 1. The number of hydrogen-bond donors (Lipinski definition) is 1. The Morgan fingerprint density at radius 1 is 1.33 bits per heavy atom. The molecule has 1 heterocycles. The molecule has 0 saturated carbocycles. The van der Waals surface area contributed by atoms with E-state index in [1.54, 1.807) is 7.11 Å². The third-order valence-electron chi connectivity index (χ3n) is 2.59. The van der Waals surface area contributed by atoms with Crippen molar-refractivity contribution in [2.45, 2.75) is 33.9 Å². The summed E-state index contributed by atoms with van der Waals surface area (Å²) < 4.78 is 16.1. The van der Waals surface area contributed by atoms with Crippen LogP contribution in [0.1, 0.15) is 30.9 Å². The van der Waals surface area contributed by atoms with Gasteiger partial charge in [-0.25, -0.2) is 0 Å². The highest BCUT2D eigenvalue weighted by Crippen LogP contribution is 2.15. The first-order valence-electron chi connectivity index (χ1n) is 6.49. The standard InChI is InChI=1S/C14H25NO3/c1-11(2)8-15-9-14-12(3)7-13(18-14)10-17-6-5-16-4/h7,11,15H,5-6,8-10H2,1-4H3. The second-order valence-electron chi connectivity index (χ2n) is 4.89. The monoisotopic (exact) mass is 255 g/mol. The molecule has 0 amide bonds. The molecule has 0 aromatic carbocycles. The van der Waals surface area contributed by atoms with Gasteiger partial charge in [0.2, 0.25) is 0 Å². The lowest BCUT2D eigenvalue weighted by Gasteiger charge is -2.06. The van der Waals surface area contributed by atoms with Crippen LogP contribution in [-0.2, 0) is 22.6 Å². The molecule has 0 aliphatic rings. The number of ether oxygens (including phenoxy) is 2. The van der Waals surface area contributed by atoms with Gasteiger partial charge < -0.3 is 19.2 Å². The molecular weight excluding hydrogens is 230 g/mol. The molecule has 4 nitrogen and oxygen atoms in total. The van der Waals surface area contributed by atoms with Gasteiger partial charge in [-0.05, 0) is 31.0 Å². The van der Waals surface area contributed by atoms with Crippen molar-refractivity contribution in [1.82, 2.24) is 5.32 Å². The van der Waals surface area contributed by atoms with Crippen molar-refractivity contribution in [3.8, 4) is 0 Å². The maximum absolute atomic E-state index is 5.75. The zero-order valence-electron chi connectivity index (χ0n) is 11.9. The Labute approximate surface area is 110 Å². The van der Waals surface area contributed by atoms with Gasteiger partial charge >= 0.3 is 0 Å². The van der Waals surface area contributed by atoms with Gasteiger partial charge in [0.1, 0.15) is 18.1 Å². The van der Waals surface area contributed by atoms with Crippen LogP contribution in [0.25, 0.3) is 0 Å². The average Bonchev–Trinajstić information content (AvgIpc) is 2.65. The molecule has 0 bridgehead atoms. The highest BCUT2D eigenvalue weighted by molar-refractivity contribution is 5.19. The van der Waals surface area contributed by atoms with E-state index in [1.165, 1.54) is 5.56 Å². The van der Waals surface area contributed by atoms with Gasteiger partial charge in [-0.2, -0.15) is 0 Å². The Morgan fingerprint density at radius 2 is 2.11 bits per heavy atom. The number of hydrogen-bond acceptors (Lipinski definition) is 4. The molecule has 0 spiro atoms. The Kier molecular flexibility index (Phi) is 7.01. The number of nitrogens with one attached hydrogen (secondary N) is 1. The van der Waals surface area contributed by atoms with Crippen molar-refractivity contribution in [1.29, 1.82) is 0 Å². The number of aryl methyl sites for hydroxylation is 1. The zero-order chi connectivity index (χ0) is 13.4. The van der Waals surface area contributed by atoms with Crippen LogP contribution in [-0.4, -0.2) is 26.9 Å². The quantitative estimate of drug-likeness (QED) is 0.689. The van der Waals surface area contributed by atoms with Crippen LogP contribution in [0.5, 0.6) is 0 Å². The van der Waals surface area contributed by atoms with Gasteiger partial charge in [0, 0.05) is 7.11 Å². The minimum absolute atomic E-state index is 0.508. The SMILES string of the molecule is COCCOCc1cc(C)c(CNCC(C)C)o1. The summed E-state index contributed by atoms with van der Waals surface area (Å²) in [5.74, 6) is 2.53. The molecule has 1 rings (SSSR count). The van der Waals surface area contributed by atoms with Crippen LogP contribution in [0.4, 0.5) is 0 Å². The van der Waals surface area contributed by atoms with E-state index in [2.05, 4.69) is 26.1 Å². The molecule has 0 saturated heterocycles. The molecule has 0 aliphatic heterocycles. The molecular formula is C14H25NO3. The van der Waals surface area contributed by atoms with Gasteiger partial charge in [0.15, 0.2) is 0 Å². The Bertz CT molecular complexity index is 334. The van der Waals surface area contributed by atoms with E-state index in [4.69, 9.17) is 13.9 Å². The van der Waals surface area contributed by atoms with Gasteiger partial charge in [0.05, 0.1) is 19.8 Å². The van der Waals surface area contributed by atoms with Crippen molar-refractivity contribution in [3.63, 3.8) is 0 Å². The lowest BCUT2D eigenvalue weighted by Crippen LogP contribution is -2.18. The van der Waals surface area contributed by atoms with Gasteiger partial charge in [0.25, 0.3) is 0 Å². The van der Waals surface area contributed by atoms with Gasteiger partial charge in [-0.1, -0.05) is 13.8 Å². The predicted octanol–water partition coefficient (Wildman–Crippen LogP) is 2.50. The molecule has 104 valence electrons. The molecule has 0 fully saturated rings. The van der Waals surface area contributed by atoms with Crippen molar-refractivity contribution in [2.75, 3.05) is 26.9 Å². The fourth-order valence-electron chi connectivity index (χ4n) is 1.63. The summed E-state index contributed by atoms with van der Waals surface area (Å²) in [7, 11) is 1.67. The summed E-state index contributed by atoms with van der Waals surface area (Å²) in [6.45, 7) is 9.94. The third kappa shape index (κ3) is 5.67. The summed E-state index contributed by atoms with van der Waals surface area (Å²) in [4.78, 5) is 0. The lowest BCUT2D eigenvalue weighted by atomic mass is 10.2. The molecule has 0 atom stereocenters. The van der Waals surface area contributed by atoms with E-state index < -0.39 is 0 Å². The van der Waals surface area contributed by atoms with Crippen LogP contribution in [0, 0.1) is 12.8 Å². The highest BCUT2D eigenvalue weighted by Gasteiger charge is 2.07. The molecule has 18 heavy (non-hydrogen) atoms. The molecule has 4 heteroatoms. The smallest absolute Gasteiger partial charge is 0.130 e. The maximum Gasteiger partial charge on any atom is 0.130 e. The Hall–Kier alpha value is -0.840. The van der Waals surface area contributed by atoms with E-state index in [9.17, 15) is 0 Å². The van der Waals surface area contributed by atoms with E-state index in [1.807, 2.05) is 6.07 Å². The molecule has 0 unspecified atom stereocenters. The van der Waals surface area contributed by atoms with Crippen LogP contribution >= 0.6 is 0 Å². The normalized spacial score (nSPS) is 11.4. The van der Waals surface area contributed by atoms with E-state index in [0.29, 0.717) is 25.7 Å². The first-order valence-corrected chi connectivity index (χ1v) is 6.49. The summed E-state index contributed by atoms with van der Waals surface area (Å²) in [6, 6.07) is 2.04. The summed E-state index contributed by atoms with van der Waals surface area (Å²) in [5.41, 5.74) is 1.18. The Morgan fingerprint density at radius 3 is 2.78 bits per heavy atom. The molecule has 1 N–H and O–H groups in total. The fourth-order valence-corrected chi connectivity index (χ4v) is 1.63. The zero-order valence-corrected chi connectivity index (χ0v) is 11.9. The molecule has 1 aromatic heterocycles. The van der Waals surface area contributed by atoms with E-state index >= 15 is 0 Å². The second-order valence-corrected chi connectivity index (χ2v) is 4.89. The van der Waals surface area contributed by atoms with Crippen molar-refractivity contribution >= 4 is 0 Å². The van der Waals surface area contributed by atoms with Gasteiger partial charge in [-0.3, -0.25) is 0 Å². The van der Waals surface area contributed by atoms with Crippen LogP contribution in [0.15, 0.2) is 10.5 Å². The largest absolute Gasteiger partial charge is 0.462 e. The van der Waals surface area contributed by atoms with Crippen LogP contribution in [0.3, 0.4) is 0 Å². The van der Waals surface area contributed by atoms with Gasteiger partial charge in [-0.15, -0.1) is 0 Å². The minimum Gasteiger partial charge on any atom is -0.462 e. The highest BCUT2D eigenvalue weighted by atomic mass is 16.5. The van der Waals surface area contributed by atoms with Crippen LogP contribution in [0.2, 0.25) is 0 Å². The number of rotatable bonds is 9. The first kappa shape index (κ1) is 15.2. The molecule has 1 aromatic rings. The Balaban J connectivity index is 2.33. The lowest BCUT2D eigenvalue weighted by molar-refractivity contribution is 0.0533.